The first-order valence-electron chi connectivity index (χ1n) is 6.42. The molecule has 0 unspecified atom stereocenters. The zero-order valence-electron chi connectivity index (χ0n) is 11.3. The molecule has 0 aliphatic heterocycles. The molecule has 0 amide bonds. The van der Waals surface area contributed by atoms with Gasteiger partial charge >= 0.3 is 6.36 Å². The van der Waals surface area contributed by atoms with Crippen molar-refractivity contribution in [3.05, 3.63) is 36.4 Å². The van der Waals surface area contributed by atoms with Crippen molar-refractivity contribution in [2.45, 2.75) is 19.7 Å². The quantitative estimate of drug-likeness (QED) is 0.910. The molecule has 0 saturated heterocycles. The summed E-state index contributed by atoms with van der Waals surface area (Å²) in [4.78, 5) is 0. The van der Waals surface area contributed by atoms with Crippen LogP contribution in [0.4, 0.5) is 19.0 Å². The van der Waals surface area contributed by atoms with E-state index in [-0.39, 0.29) is 5.75 Å². The van der Waals surface area contributed by atoms with Gasteiger partial charge in [0.25, 0.3) is 0 Å². The lowest BCUT2D eigenvalue weighted by atomic mass is 10.1. The van der Waals surface area contributed by atoms with Gasteiger partial charge in [0.2, 0.25) is 0 Å². The molecule has 7 heteroatoms. The van der Waals surface area contributed by atoms with E-state index in [0.717, 1.165) is 13.0 Å². The Morgan fingerprint density at radius 1 is 1.05 bits per heavy atom. The fraction of sp³-hybridized carbons (Fsp3) is 0.286. The lowest BCUT2D eigenvalue weighted by molar-refractivity contribution is -0.274. The fourth-order valence-electron chi connectivity index (χ4n) is 1.66. The summed E-state index contributed by atoms with van der Waals surface area (Å²) in [5, 5.41) is 11.1. The van der Waals surface area contributed by atoms with Gasteiger partial charge in [-0.1, -0.05) is 6.92 Å². The number of alkyl halides is 3. The van der Waals surface area contributed by atoms with Crippen molar-refractivity contribution in [1.82, 2.24) is 10.2 Å². The Morgan fingerprint density at radius 3 is 2.29 bits per heavy atom. The molecule has 4 nitrogen and oxygen atoms in total. The number of rotatable bonds is 5. The summed E-state index contributed by atoms with van der Waals surface area (Å²) in [6, 6.07) is 9.03. The molecule has 0 spiro atoms. The Hall–Kier alpha value is -2.31. The van der Waals surface area contributed by atoms with E-state index in [0.29, 0.717) is 17.1 Å². The van der Waals surface area contributed by atoms with Crippen LogP contribution >= 0.6 is 0 Å². The van der Waals surface area contributed by atoms with Crippen LogP contribution in [0, 0.1) is 0 Å². The maximum atomic E-state index is 12.1. The highest BCUT2D eigenvalue weighted by atomic mass is 19.4. The summed E-state index contributed by atoms with van der Waals surface area (Å²) in [5.74, 6) is 0.401. The number of nitrogens with zero attached hydrogens (tertiary/aromatic N) is 2. The van der Waals surface area contributed by atoms with E-state index < -0.39 is 6.36 Å². The maximum absolute atomic E-state index is 12.1. The summed E-state index contributed by atoms with van der Waals surface area (Å²) >= 11 is 0. The highest BCUT2D eigenvalue weighted by molar-refractivity contribution is 5.60. The van der Waals surface area contributed by atoms with E-state index in [1.165, 1.54) is 24.3 Å². The summed E-state index contributed by atoms with van der Waals surface area (Å²) in [7, 11) is 0. The largest absolute Gasteiger partial charge is 0.573 e. The Morgan fingerprint density at radius 2 is 1.76 bits per heavy atom. The fourth-order valence-corrected chi connectivity index (χ4v) is 1.66. The molecule has 1 aromatic heterocycles. The Labute approximate surface area is 120 Å². The maximum Gasteiger partial charge on any atom is 0.573 e. The van der Waals surface area contributed by atoms with Crippen molar-refractivity contribution in [2.24, 2.45) is 0 Å². The molecule has 1 heterocycles. The number of nitrogens with one attached hydrogen (secondary N) is 1. The number of ether oxygens (including phenoxy) is 1. The van der Waals surface area contributed by atoms with Gasteiger partial charge in [-0.05, 0) is 42.8 Å². The average molecular weight is 297 g/mol. The van der Waals surface area contributed by atoms with Gasteiger partial charge in [-0.2, -0.15) is 0 Å². The third-order valence-electron chi connectivity index (χ3n) is 2.60. The third kappa shape index (κ3) is 4.62. The summed E-state index contributed by atoms with van der Waals surface area (Å²) in [5.41, 5.74) is 1.25. The van der Waals surface area contributed by atoms with Gasteiger partial charge in [-0.15, -0.1) is 23.4 Å². The van der Waals surface area contributed by atoms with Crippen molar-refractivity contribution < 1.29 is 17.9 Å². The molecule has 2 aromatic rings. The second-order valence-corrected chi connectivity index (χ2v) is 4.30. The van der Waals surface area contributed by atoms with Crippen molar-refractivity contribution >= 4 is 5.82 Å². The number of hydrogen-bond acceptors (Lipinski definition) is 4. The van der Waals surface area contributed by atoms with Crippen LogP contribution in [0.3, 0.4) is 0 Å². The predicted molar refractivity (Wildman–Crippen MR) is 72.9 cm³/mol. The van der Waals surface area contributed by atoms with Crippen molar-refractivity contribution in [3.63, 3.8) is 0 Å². The number of halogens is 3. The standard InChI is InChI=1S/C14H14F3N3O/c1-2-9-18-13-8-7-12(19-20-13)10-3-5-11(6-4-10)21-14(15,16)17/h3-8H,2,9H2,1H3,(H,18,20). The number of aromatic nitrogens is 2. The van der Waals surface area contributed by atoms with Crippen LogP contribution in [-0.4, -0.2) is 23.1 Å². The van der Waals surface area contributed by atoms with Gasteiger partial charge in [0.15, 0.2) is 0 Å². The lowest BCUT2D eigenvalue weighted by Crippen LogP contribution is -2.16. The second kappa shape index (κ2) is 6.43. The van der Waals surface area contributed by atoms with Crippen molar-refractivity contribution in [3.8, 4) is 17.0 Å². The van der Waals surface area contributed by atoms with E-state index in [9.17, 15) is 13.2 Å². The molecule has 0 saturated carbocycles. The van der Waals surface area contributed by atoms with E-state index in [4.69, 9.17) is 0 Å². The number of benzene rings is 1. The van der Waals surface area contributed by atoms with Crippen molar-refractivity contribution in [2.75, 3.05) is 11.9 Å². The molecule has 21 heavy (non-hydrogen) atoms. The first-order chi connectivity index (χ1) is 9.98. The first-order valence-corrected chi connectivity index (χ1v) is 6.42. The molecule has 0 radical (unpaired) electrons. The van der Waals surface area contributed by atoms with E-state index in [1.807, 2.05) is 6.92 Å². The van der Waals surface area contributed by atoms with Crippen LogP contribution in [-0.2, 0) is 0 Å². The van der Waals surface area contributed by atoms with Gasteiger partial charge in [0.1, 0.15) is 11.6 Å². The SMILES string of the molecule is CCCNc1ccc(-c2ccc(OC(F)(F)F)cc2)nn1. The molecular formula is C14H14F3N3O. The topological polar surface area (TPSA) is 47.0 Å². The van der Waals surface area contributed by atoms with Crippen LogP contribution in [0.2, 0.25) is 0 Å². The monoisotopic (exact) mass is 297 g/mol. The summed E-state index contributed by atoms with van der Waals surface area (Å²) in [6.45, 7) is 2.84. The highest BCUT2D eigenvalue weighted by Gasteiger charge is 2.30. The zero-order valence-corrected chi connectivity index (χ0v) is 11.3. The molecule has 0 aliphatic rings. The molecule has 2 rings (SSSR count). The Balaban J connectivity index is 2.08. The normalized spacial score (nSPS) is 11.2. The van der Waals surface area contributed by atoms with Gasteiger partial charge in [-0.25, -0.2) is 0 Å². The number of anilines is 1. The van der Waals surface area contributed by atoms with E-state index >= 15 is 0 Å². The molecule has 0 atom stereocenters. The Kier molecular flexibility index (Phi) is 4.62. The smallest absolute Gasteiger partial charge is 0.406 e. The van der Waals surface area contributed by atoms with Gasteiger partial charge in [-0.3, -0.25) is 0 Å². The number of hydrogen-bond donors (Lipinski definition) is 1. The summed E-state index contributed by atoms with van der Waals surface area (Å²) < 4.78 is 40.0. The molecule has 1 N–H and O–H groups in total. The highest BCUT2D eigenvalue weighted by Crippen LogP contribution is 2.25. The van der Waals surface area contributed by atoms with Crippen LogP contribution in [0.5, 0.6) is 5.75 Å². The molecule has 0 fully saturated rings. The van der Waals surface area contributed by atoms with Crippen LogP contribution in [0.15, 0.2) is 36.4 Å². The van der Waals surface area contributed by atoms with Crippen molar-refractivity contribution in [1.29, 1.82) is 0 Å². The zero-order chi connectivity index (χ0) is 15.3. The Bertz CT molecular complexity index is 568. The average Bonchev–Trinajstić information content (AvgIpc) is 2.45. The predicted octanol–water partition coefficient (Wildman–Crippen LogP) is 3.86. The van der Waals surface area contributed by atoms with Crippen LogP contribution in [0.1, 0.15) is 13.3 Å². The molecule has 112 valence electrons. The van der Waals surface area contributed by atoms with Gasteiger partial charge in [0, 0.05) is 12.1 Å². The third-order valence-corrected chi connectivity index (χ3v) is 2.60. The second-order valence-electron chi connectivity index (χ2n) is 4.30. The first kappa shape index (κ1) is 15.1. The van der Waals surface area contributed by atoms with Crippen LogP contribution in [0.25, 0.3) is 11.3 Å². The lowest BCUT2D eigenvalue weighted by Gasteiger charge is -2.09. The minimum atomic E-state index is -4.69. The van der Waals surface area contributed by atoms with E-state index in [2.05, 4.69) is 20.3 Å². The van der Waals surface area contributed by atoms with Gasteiger partial charge in [0.05, 0.1) is 5.69 Å². The molecule has 0 aliphatic carbocycles. The van der Waals surface area contributed by atoms with Gasteiger partial charge < -0.3 is 10.1 Å². The van der Waals surface area contributed by atoms with E-state index in [1.54, 1.807) is 12.1 Å². The minimum Gasteiger partial charge on any atom is -0.406 e. The molecular weight excluding hydrogens is 283 g/mol. The summed E-state index contributed by atoms with van der Waals surface area (Å²) in [6.07, 6.45) is -3.71. The molecule has 1 aromatic carbocycles. The molecule has 0 bridgehead atoms. The minimum absolute atomic E-state index is 0.263. The van der Waals surface area contributed by atoms with Crippen LogP contribution < -0.4 is 10.1 Å².